The molecular formula is C31H43NO6. The Morgan fingerprint density at radius 1 is 1.08 bits per heavy atom. The van der Waals surface area contributed by atoms with Crippen molar-refractivity contribution in [2.45, 2.75) is 92.1 Å². The fourth-order valence-corrected chi connectivity index (χ4v) is 10.8. The Hall–Kier alpha value is -1.99. The minimum Gasteiger partial charge on any atom is -0.481 e. The number of ketones is 1. The molecule has 0 saturated heterocycles. The molecule has 0 bridgehead atoms. The number of allylic oxidation sites excluding steroid dienone is 2. The second kappa shape index (κ2) is 8.03. The first kappa shape index (κ1) is 26.2. The molecule has 1 heterocycles. The van der Waals surface area contributed by atoms with Crippen molar-refractivity contribution in [3.63, 3.8) is 0 Å². The molecule has 5 aliphatic rings. The molecule has 1 unspecified atom stereocenters. The van der Waals surface area contributed by atoms with Crippen LogP contribution in [-0.2, 0) is 31.4 Å². The van der Waals surface area contributed by atoms with Gasteiger partial charge in [-0.3, -0.25) is 9.59 Å². The van der Waals surface area contributed by atoms with Gasteiger partial charge in [-0.1, -0.05) is 45.3 Å². The molecule has 0 amide bonds. The van der Waals surface area contributed by atoms with Gasteiger partial charge < -0.3 is 9.63 Å². The summed E-state index contributed by atoms with van der Waals surface area (Å²) in [6.45, 7) is 13.4. The van der Waals surface area contributed by atoms with Crippen molar-refractivity contribution in [3.8, 4) is 0 Å². The summed E-state index contributed by atoms with van der Waals surface area (Å²) in [6.07, 6.45) is 9.74. The molecule has 0 radical (unpaired) electrons. The van der Waals surface area contributed by atoms with Crippen molar-refractivity contribution in [2.75, 3.05) is 7.11 Å². The van der Waals surface area contributed by atoms with Crippen molar-refractivity contribution >= 4 is 11.8 Å². The lowest BCUT2D eigenvalue weighted by Crippen LogP contribution is -2.64. The normalized spacial score (nSPS) is 47.1. The molecule has 3 saturated carbocycles. The smallest absolute Gasteiger partial charge is 0.306 e. The maximum absolute atomic E-state index is 14.4. The molecule has 208 valence electrons. The SMILES string of the molecule is COO[C@]1(C)c2oncc2C[C@]2(C)C3=CC(=O)[C@@H]4[C@@H]5CC(C)(C)C[C@@H](C(=O)O)C5CC[C@@]4(C)[C@]3(C)CC[C@H]21. The molecule has 0 aromatic carbocycles. The third-order valence-electron chi connectivity index (χ3n) is 12.4. The van der Waals surface area contributed by atoms with Crippen LogP contribution in [0.15, 0.2) is 22.4 Å². The topological polar surface area (TPSA) is 98.9 Å². The maximum atomic E-state index is 14.4. The number of carbonyl (C=O) groups excluding carboxylic acids is 1. The molecule has 1 aromatic rings. The van der Waals surface area contributed by atoms with Gasteiger partial charge in [-0.05, 0) is 91.4 Å². The van der Waals surface area contributed by atoms with E-state index in [0.29, 0.717) is 6.42 Å². The number of carbonyl (C=O) groups is 2. The van der Waals surface area contributed by atoms with E-state index in [4.69, 9.17) is 14.3 Å². The van der Waals surface area contributed by atoms with Crippen LogP contribution in [0, 0.1) is 51.2 Å². The first-order valence-electron chi connectivity index (χ1n) is 14.4. The van der Waals surface area contributed by atoms with Crippen molar-refractivity contribution in [1.29, 1.82) is 0 Å². The third kappa shape index (κ3) is 3.18. The Morgan fingerprint density at radius 3 is 2.50 bits per heavy atom. The number of aliphatic carboxylic acids is 1. The summed E-state index contributed by atoms with van der Waals surface area (Å²) in [4.78, 5) is 38.0. The highest BCUT2D eigenvalue weighted by molar-refractivity contribution is 5.95. The Morgan fingerprint density at radius 2 is 1.82 bits per heavy atom. The Kier molecular flexibility index (Phi) is 5.55. The van der Waals surface area contributed by atoms with E-state index >= 15 is 0 Å². The summed E-state index contributed by atoms with van der Waals surface area (Å²) in [7, 11) is 1.53. The lowest BCUT2D eigenvalue weighted by molar-refractivity contribution is -0.375. The van der Waals surface area contributed by atoms with Gasteiger partial charge in [-0.2, -0.15) is 0 Å². The molecule has 5 aliphatic carbocycles. The highest BCUT2D eigenvalue weighted by Crippen LogP contribution is 2.73. The lowest BCUT2D eigenvalue weighted by atomic mass is 9.35. The molecule has 7 heteroatoms. The van der Waals surface area contributed by atoms with Gasteiger partial charge in [0.15, 0.2) is 17.1 Å². The van der Waals surface area contributed by atoms with E-state index in [0.717, 1.165) is 49.8 Å². The third-order valence-corrected chi connectivity index (χ3v) is 12.4. The Bertz CT molecular complexity index is 1220. The number of carboxylic acids is 1. The fourth-order valence-electron chi connectivity index (χ4n) is 10.8. The van der Waals surface area contributed by atoms with Gasteiger partial charge in [-0.25, -0.2) is 9.78 Å². The summed E-state index contributed by atoms with van der Waals surface area (Å²) in [5.74, 6) is -0.0585. The number of aromatic nitrogens is 1. The average Bonchev–Trinajstić information content (AvgIpc) is 3.28. The number of hydrogen-bond donors (Lipinski definition) is 1. The largest absolute Gasteiger partial charge is 0.481 e. The van der Waals surface area contributed by atoms with Crippen LogP contribution in [0.25, 0.3) is 0 Å². The average molecular weight is 526 g/mol. The fraction of sp³-hybridized carbons (Fsp3) is 0.774. The molecule has 9 atom stereocenters. The molecule has 1 aromatic heterocycles. The van der Waals surface area contributed by atoms with Crippen LogP contribution in [0.4, 0.5) is 0 Å². The molecule has 6 rings (SSSR count). The van der Waals surface area contributed by atoms with Gasteiger partial charge in [0.25, 0.3) is 0 Å². The first-order valence-corrected chi connectivity index (χ1v) is 14.4. The summed E-state index contributed by atoms with van der Waals surface area (Å²) < 4.78 is 5.72. The van der Waals surface area contributed by atoms with Crippen LogP contribution in [0.2, 0.25) is 0 Å². The van der Waals surface area contributed by atoms with Crippen molar-refractivity contribution < 1.29 is 29.0 Å². The van der Waals surface area contributed by atoms with E-state index in [9.17, 15) is 14.7 Å². The quantitative estimate of drug-likeness (QED) is 0.375. The monoisotopic (exact) mass is 525 g/mol. The molecule has 3 fully saturated rings. The van der Waals surface area contributed by atoms with Crippen LogP contribution in [-0.4, -0.2) is 29.1 Å². The number of fused-ring (bicyclic) bond motifs is 8. The Labute approximate surface area is 225 Å². The molecule has 7 nitrogen and oxygen atoms in total. The summed E-state index contributed by atoms with van der Waals surface area (Å²) in [5, 5.41) is 14.3. The van der Waals surface area contributed by atoms with Crippen LogP contribution < -0.4 is 0 Å². The summed E-state index contributed by atoms with van der Waals surface area (Å²) >= 11 is 0. The molecule has 0 spiro atoms. The van der Waals surface area contributed by atoms with Gasteiger partial charge in [0.05, 0.1) is 19.2 Å². The number of carboxylic acid groups (broad SMARTS) is 1. The van der Waals surface area contributed by atoms with Crippen LogP contribution in [0.1, 0.15) is 91.4 Å². The predicted octanol–water partition coefficient (Wildman–Crippen LogP) is 6.13. The predicted molar refractivity (Wildman–Crippen MR) is 140 cm³/mol. The van der Waals surface area contributed by atoms with E-state index in [1.54, 1.807) is 6.20 Å². The number of rotatable bonds is 3. The van der Waals surface area contributed by atoms with E-state index in [1.165, 1.54) is 12.7 Å². The van der Waals surface area contributed by atoms with Gasteiger partial charge in [0.2, 0.25) is 0 Å². The van der Waals surface area contributed by atoms with E-state index < -0.39 is 11.6 Å². The number of nitrogens with zero attached hydrogens (tertiary/aromatic N) is 1. The van der Waals surface area contributed by atoms with Gasteiger partial charge >= 0.3 is 5.97 Å². The molecule has 1 N–H and O–H groups in total. The van der Waals surface area contributed by atoms with Crippen LogP contribution >= 0.6 is 0 Å². The van der Waals surface area contributed by atoms with Crippen molar-refractivity contribution in [2.24, 2.45) is 51.2 Å². The van der Waals surface area contributed by atoms with Crippen molar-refractivity contribution in [1.82, 2.24) is 5.16 Å². The minimum absolute atomic E-state index is 0.0593. The number of hydrogen-bond acceptors (Lipinski definition) is 6. The minimum atomic E-state index is -0.809. The standard InChI is InChI=1S/C31H43NO6/c1-27(2)14-19-18(20(15-27)26(34)35)8-10-30(5)24(19)21(33)12-23-28(3)13-17-16-32-37-25(17)31(6,38-36-7)22(28)9-11-29(23,30)4/h12,16,18-20,22,24H,8-11,13-15H2,1-7H3,(H,34,35)/t18?,19-,20-,22-,24+,28+,29-,30-,31+/m1/s1. The zero-order chi connectivity index (χ0) is 27.5. The Balaban J connectivity index is 1.48. The first-order chi connectivity index (χ1) is 17.7. The van der Waals surface area contributed by atoms with E-state index in [2.05, 4.69) is 39.8 Å². The van der Waals surface area contributed by atoms with Gasteiger partial charge in [0.1, 0.15) is 0 Å². The van der Waals surface area contributed by atoms with Crippen LogP contribution in [0.5, 0.6) is 0 Å². The highest BCUT2D eigenvalue weighted by Gasteiger charge is 2.70. The zero-order valence-corrected chi connectivity index (χ0v) is 23.9. The van der Waals surface area contributed by atoms with E-state index in [-0.39, 0.29) is 57.0 Å². The lowest BCUT2D eigenvalue weighted by Gasteiger charge is -2.68. The van der Waals surface area contributed by atoms with Gasteiger partial charge in [0, 0.05) is 17.4 Å². The molecule has 38 heavy (non-hydrogen) atoms. The second-order valence-corrected chi connectivity index (χ2v) is 14.8. The van der Waals surface area contributed by atoms with E-state index in [1.807, 2.05) is 13.0 Å². The maximum Gasteiger partial charge on any atom is 0.306 e. The summed E-state index contributed by atoms with van der Waals surface area (Å²) in [5.41, 5.74) is 0.606. The van der Waals surface area contributed by atoms with Crippen LogP contribution in [0.3, 0.4) is 0 Å². The van der Waals surface area contributed by atoms with Crippen molar-refractivity contribution in [3.05, 3.63) is 29.2 Å². The summed E-state index contributed by atoms with van der Waals surface area (Å²) in [6, 6.07) is 0. The zero-order valence-electron chi connectivity index (χ0n) is 23.9. The highest BCUT2D eigenvalue weighted by atomic mass is 17.2. The molecular weight excluding hydrogens is 482 g/mol. The molecule has 0 aliphatic heterocycles. The second-order valence-electron chi connectivity index (χ2n) is 14.8. The van der Waals surface area contributed by atoms with Gasteiger partial charge in [-0.15, -0.1) is 0 Å².